The molecule has 1 aromatic carbocycles. The van der Waals surface area contributed by atoms with Gasteiger partial charge in [0.1, 0.15) is 0 Å². The van der Waals surface area contributed by atoms with Crippen molar-refractivity contribution in [3.8, 4) is 11.5 Å². The molecule has 1 aliphatic rings. The van der Waals surface area contributed by atoms with Crippen molar-refractivity contribution >= 4 is 17.2 Å². The molecule has 0 aliphatic carbocycles. The molecule has 1 saturated heterocycles. The van der Waals surface area contributed by atoms with Crippen molar-refractivity contribution in [1.82, 2.24) is 20.4 Å². The van der Waals surface area contributed by atoms with Gasteiger partial charge in [-0.3, -0.25) is 9.69 Å². The highest BCUT2D eigenvalue weighted by Crippen LogP contribution is 2.29. The van der Waals surface area contributed by atoms with E-state index in [2.05, 4.69) is 32.5 Å². The van der Waals surface area contributed by atoms with Gasteiger partial charge in [-0.25, -0.2) is 0 Å². The number of rotatable bonds is 7. The lowest BCUT2D eigenvalue weighted by Crippen LogP contribution is -2.41. The summed E-state index contributed by atoms with van der Waals surface area (Å²) in [5.41, 5.74) is 2.22. The quantitative estimate of drug-likeness (QED) is 0.663. The third-order valence-corrected chi connectivity index (χ3v) is 5.77. The summed E-state index contributed by atoms with van der Waals surface area (Å²) in [5.74, 6) is 1.67. The van der Waals surface area contributed by atoms with Crippen LogP contribution >= 0.6 is 11.3 Å². The lowest BCUT2D eigenvalue weighted by Gasteiger charge is -2.29. The zero-order valence-electron chi connectivity index (χ0n) is 15.7. The molecule has 3 heterocycles. The second-order valence-corrected chi connectivity index (χ2v) is 7.87. The van der Waals surface area contributed by atoms with Gasteiger partial charge in [-0.05, 0) is 49.4 Å². The Hall–Kier alpha value is -2.51. The molecule has 0 atom stereocenters. The Morgan fingerprint density at radius 3 is 2.75 bits per heavy atom. The van der Waals surface area contributed by atoms with Gasteiger partial charge < -0.3 is 9.73 Å². The second kappa shape index (κ2) is 9.12. The fraction of sp³-hybridized carbons (Fsp3) is 0.381. The summed E-state index contributed by atoms with van der Waals surface area (Å²) in [7, 11) is 0. The van der Waals surface area contributed by atoms with Crippen molar-refractivity contribution < 1.29 is 9.21 Å². The minimum Gasteiger partial charge on any atom is -0.420 e. The lowest BCUT2D eigenvalue weighted by atomic mass is 9.97. The number of piperidine rings is 1. The topological polar surface area (TPSA) is 71.3 Å². The van der Waals surface area contributed by atoms with Crippen LogP contribution in [0.5, 0.6) is 0 Å². The van der Waals surface area contributed by atoms with E-state index in [9.17, 15) is 4.79 Å². The van der Waals surface area contributed by atoms with Gasteiger partial charge in [0.15, 0.2) is 0 Å². The Morgan fingerprint density at radius 1 is 1.18 bits per heavy atom. The van der Waals surface area contributed by atoms with Crippen LogP contribution in [0.25, 0.3) is 11.5 Å². The van der Waals surface area contributed by atoms with Gasteiger partial charge in [0.25, 0.3) is 0 Å². The van der Waals surface area contributed by atoms with Crippen LogP contribution in [-0.2, 0) is 11.2 Å². The van der Waals surface area contributed by atoms with Crippen LogP contribution in [-0.4, -0.2) is 47.2 Å². The van der Waals surface area contributed by atoms with Crippen LogP contribution in [0.3, 0.4) is 0 Å². The average Bonchev–Trinajstić information content (AvgIpc) is 3.41. The number of likely N-dealkylation sites (tertiary alicyclic amines) is 1. The zero-order valence-corrected chi connectivity index (χ0v) is 16.5. The van der Waals surface area contributed by atoms with E-state index in [1.54, 1.807) is 11.3 Å². The largest absolute Gasteiger partial charge is 0.420 e. The fourth-order valence-corrected chi connectivity index (χ4v) is 4.12. The van der Waals surface area contributed by atoms with Crippen LogP contribution in [0.4, 0.5) is 0 Å². The molecule has 0 bridgehead atoms. The van der Waals surface area contributed by atoms with Crippen LogP contribution < -0.4 is 5.32 Å². The summed E-state index contributed by atoms with van der Waals surface area (Å²) in [4.78, 5) is 14.4. The molecule has 28 heavy (non-hydrogen) atoms. The Kier molecular flexibility index (Phi) is 6.14. The first-order chi connectivity index (χ1) is 13.8. The summed E-state index contributed by atoms with van der Waals surface area (Å²) in [6, 6.07) is 12.2. The third-order valence-electron chi connectivity index (χ3n) is 5.09. The molecule has 1 N–H and O–H groups in total. The number of carbonyl (C=O) groups is 1. The molecule has 7 heteroatoms. The SMILES string of the molecule is O=C(CN1CCC(c2nnc(-c3ccsc3)o2)CC1)NCCc1ccccc1. The molecule has 0 spiro atoms. The minimum atomic E-state index is 0.0897. The van der Waals surface area contributed by atoms with E-state index in [-0.39, 0.29) is 11.8 Å². The molecule has 0 radical (unpaired) electrons. The monoisotopic (exact) mass is 396 g/mol. The van der Waals surface area contributed by atoms with Crippen molar-refractivity contribution in [2.24, 2.45) is 0 Å². The van der Waals surface area contributed by atoms with E-state index in [0.717, 1.165) is 37.9 Å². The number of carbonyl (C=O) groups excluding carboxylic acids is 1. The number of amides is 1. The van der Waals surface area contributed by atoms with Crippen LogP contribution in [0.2, 0.25) is 0 Å². The highest BCUT2D eigenvalue weighted by molar-refractivity contribution is 7.08. The number of aromatic nitrogens is 2. The number of hydrogen-bond acceptors (Lipinski definition) is 6. The van der Waals surface area contributed by atoms with Gasteiger partial charge in [0, 0.05) is 23.4 Å². The van der Waals surface area contributed by atoms with E-state index in [0.29, 0.717) is 24.9 Å². The van der Waals surface area contributed by atoms with Crippen molar-refractivity contribution in [2.45, 2.75) is 25.2 Å². The Labute approximate surface area is 168 Å². The summed E-state index contributed by atoms with van der Waals surface area (Å²) in [6.45, 7) is 2.86. The molecule has 1 fully saturated rings. The number of nitrogens with one attached hydrogen (secondary N) is 1. The van der Waals surface area contributed by atoms with Crippen molar-refractivity contribution in [2.75, 3.05) is 26.2 Å². The highest BCUT2D eigenvalue weighted by Gasteiger charge is 2.26. The fourth-order valence-electron chi connectivity index (χ4n) is 3.49. The van der Waals surface area contributed by atoms with Gasteiger partial charge in [0.2, 0.25) is 17.7 Å². The third kappa shape index (κ3) is 4.85. The maximum atomic E-state index is 12.2. The molecule has 6 nitrogen and oxygen atoms in total. The normalized spacial score (nSPS) is 15.6. The zero-order chi connectivity index (χ0) is 19.2. The van der Waals surface area contributed by atoms with E-state index in [4.69, 9.17) is 4.42 Å². The molecule has 1 aliphatic heterocycles. The average molecular weight is 397 g/mol. The minimum absolute atomic E-state index is 0.0897. The lowest BCUT2D eigenvalue weighted by molar-refractivity contribution is -0.122. The molecular formula is C21H24N4O2S. The van der Waals surface area contributed by atoms with E-state index in [1.165, 1.54) is 5.56 Å². The van der Waals surface area contributed by atoms with Crippen molar-refractivity contribution in [3.05, 3.63) is 58.6 Å². The molecule has 2 aromatic heterocycles. The van der Waals surface area contributed by atoms with Gasteiger partial charge in [-0.15, -0.1) is 10.2 Å². The van der Waals surface area contributed by atoms with Crippen molar-refractivity contribution in [1.29, 1.82) is 0 Å². The van der Waals surface area contributed by atoms with E-state index < -0.39 is 0 Å². The predicted octanol–water partition coefficient (Wildman–Crippen LogP) is 3.34. The van der Waals surface area contributed by atoms with E-state index >= 15 is 0 Å². The van der Waals surface area contributed by atoms with Crippen LogP contribution in [0.15, 0.2) is 51.6 Å². The second-order valence-electron chi connectivity index (χ2n) is 7.09. The molecule has 0 unspecified atom stereocenters. The van der Waals surface area contributed by atoms with Crippen molar-refractivity contribution in [3.63, 3.8) is 0 Å². The number of hydrogen-bond donors (Lipinski definition) is 1. The molecular weight excluding hydrogens is 372 g/mol. The van der Waals surface area contributed by atoms with Gasteiger partial charge in [-0.1, -0.05) is 30.3 Å². The smallest absolute Gasteiger partial charge is 0.248 e. The Balaban J connectivity index is 1.19. The molecule has 4 rings (SSSR count). The van der Waals surface area contributed by atoms with Gasteiger partial charge in [0.05, 0.1) is 6.54 Å². The highest BCUT2D eigenvalue weighted by atomic mass is 32.1. The first-order valence-electron chi connectivity index (χ1n) is 9.67. The molecule has 0 saturated carbocycles. The van der Waals surface area contributed by atoms with Crippen LogP contribution in [0, 0.1) is 0 Å². The van der Waals surface area contributed by atoms with E-state index in [1.807, 2.05) is 35.0 Å². The first-order valence-corrected chi connectivity index (χ1v) is 10.6. The Morgan fingerprint density at radius 2 is 2.00 bits per heavy atom. The maximum Gasteiger partial charge on any atom is 0.248 e. The summed E-state index contributed by atoms with van der Waals surface area (Å²) >= 11 is 1.62. The summed E-state index contributed by atoms with van der Waals surface area (Å²) in [5, 5.41) is 15.4. The van der Waals surface area contributed by atoms with Crippen LogP contribution in [0.1, 0.15) is 30.2 Å². The number of benzene rings is 1. The Bertz CT molecular complexity index is 871. The molecule has 146 valence electrons. The molecule has 3 aromatic rings. The summed E-state index contributed by atoms with van der Waals surface area (Å²) in [6.07, 6.45) is 2.73. The predicted molar refractivity (Wildman–Crippen MR) is 109 cm³/mol. The van der Waals surface area contributed by atoms with Gasteiger partial charge >= 0.3 is 0 Å². The first kappa shape index (κ1) is 18.8. The maximum absolute atomic E-state index is 12.2. The summed E-state index contributed by atoms with van der Waals surface area (Å²) < 4.78 is 5.87. The van der Waals surface area contributed by atoms with Gasteiger partial charge in [-0.2, -0.15) is 11.3 Å². The number of thiophene rings is 1. The molecule has 1 amide bonds. The number of nitrogens with zero attached hydrogens (tertiary/aromatic N) is 3. The standard InChI is InChI=1S/C21H24N4O2S/c26-19(22-10-6-16-4-2-1-3-5-16)14-25-11-7-17(8-12-25)20-23-24-21(27-20)18-9-13-28-15-18/h1-5,9,13,15,17H,6-8,10-12,14H2,(H,22,26).